The second kappa shape index (κ2) is 9.17. The van der Waals surface area contributed by atoms with Crippen LogP contribution in [-0.4, -0.2) is 30.7 Å². The number of benzene rings is 1. The van der Waals surface area contributed by atoms with Crippen LogP contribution < -0.4 is 5.32 Å². The molecule has 26 heavy (non-hydrogen) atoms. The van der Waals surface area contributed by atoms with Crippen LogP contribution >= 0.6 is 0 Å². The molecule has 0 aliphatic heterocycles. The van der Waals surface area contributed by atoms with Crippen LogP contribution in [0.2, 0.25) is 0 Å². The third kappa shape index (κ3) is 6.70. The Kier molecular flexibility index (Phi) is 7.56. The third-order valence-corrected chi connectivity index (χ3v) is 3.04. The van der Waals surface area contributed by atoms with Crippen molar-refractivity contribution in [3.8, 4) is 11.8 Å². The van der Waals surface area contributed by atoms with E-state index in [1.54, 1.807) is 0 Å². The first kappa shape index (κ1) is 21.4. The Labute approximate surface area is 146 Å². The number of hydrogen-bond donors (Lipinski definition) is 1. The summed E-state index contributed by atoms with van der Waals surface area (Å²) in [6.07, 6.45) is -7.38. The molecule has 0 fully saturated rings. The van der Waals surface area contributed by atoms with Crippen molar-refractivity contribution in [2.75, 3.05) is 6.61 Å². The van der Waals surface area contributed by atoms with Gasteiger partial charge in [-0.05, 0) is 25.1 Å². The lowest BCUT2D eigenvalue weighted by Crippen LogP contribution is -2.42. The summed E-state index contributed by atoms with van der Waals surface area (Å²) in [5.41, 5.74) is -1.75. The van der Waals surface area contributed by atoms with Crippen LogP contribution in [0.5, 0.6) is 0 Å². The minimum Gasteiger partial charge on any atom is -0.464 e. The zero-order chi connectivity index (χ0) is 19.9. The monoisotopic (exact) mass is 377 g/mol. The van der Waals surface area contributed by atoms with Crippen molar-refractivity contribution in [3.05, 3.63) is 35.1 Å². The maximum absolute atomic E-state index is 14.0. The number of nitrogens with one attached hydrogen (secondary N) is 1. The number of carbonyl (C=O) groups is 2. The number of halogens is 5. The van der Waals surface area contributed by atoms with E-state index in [4.69, 9.17) is 4.74 Å². The molecule has 0 spiro atoms. The van der Waals surface area contributed by atoms with Crippen LogP contribution in [0.15, 0.2) is 18.2 Å². The Morgan fingerprint density at radius 1 is 1.31 bits per heavy atom. The van der Waals surface area contributed by atoms with E-state index in [-0.39, 0.29) is 12.2 Å². The zero-order valence-corrected chi connectivity index (χ0v) is 13.9. The predicted molar refractivity (Wildman–Crippen MR) is 82.0 cm³/mol. The van der Waals surface area contributed by atoms with E-state index in [1.807, 2.05) is 5.92 Å². The lowest BCUT2D eigenvalue weighted by molar-refractivity contribution is -0.147. The lowest BCUT2D eigenvalue weighted by atomic mass is 10.1. The van der Waals surface area contributed by atoms with Crippen molar-refractivity contribution in [2.45, 2.75) is 38.7 Å². The van der Waals surface area contributed by atoms with Crippen molar-refractivity contribution >= 4 is 11.9 Å². The fourth-order valence-corrected chi connectivity index (χ4v) is 1.95. The maximum atomic E-state index is 14.0. The molecule has 9 heteroatoms. The molecule has 0 aliphatic rings. The number of rotatable bonds is 5. The number of carbonyl (C=O) groups excluding carboxylic acids is 2. The molecule has 0 aliphatic carbocycles. The molecular weight excluding hydrogens is 361 g/mol. The smallest absolute Gasteiger partial charge is 0.419 e. The second-order valence-corrected chi connectivity index (χ2v) is 5.17. The third-order valence-electron chi connectivity index (χ3n) is 3.04. The molecule has 0 radical (unpaired) electrons. The highest BCUT2D eigenvalue weighted by Gasteiger charge is 2.34. The maximum Gasteiger partial charge on any atom is 0.419 e. The summed E-state index contributed by atoms with van der Waals surface area (Å²) in [6, 6.07) is 0.738. The molecular formula is C17H16F5NO3. The number of ether oxygens (including phenoxy) is 1. The van der Waals surface area contributed by atoms with Crippen LogP contribution in [0.25, 0.3) is 0 Å². The Morgan fingerprint density at radius 3 is 2.50 bits per heavy atom. The Hall–Kier alpha value is -2.63. The minimum absolute atomic E-state index is 0.0212. The summed E-state index contributed by atoms with van der Waals surface area (Å²) in [5, 5.41) is 2.21. The molecule has 142 valence electrons. The average Bonchev–Trinajstić information content (AvgIpc) is 2.52. The molecule has 0 heterocycles. The molecule has 0 bridgehead atoms. The highest BCUT2D eigenvalue weighted by Crippen LogP contribution is 2.31. The first-order valence-electron chi connectivity index (χ1n) is 7.50. The summed E-state index contributed by atoms with van der Waals surface area (Å²) in [6.45, 7) is 2.68. The van der Waals surface area contributed by atoms with Gasteiger partial charge in [-0.2, -0.15) is 13.2 Å². The van der Waals surface area contributed by atoms with Gasteiger partial charge in [-0.3, -0.25) is 4.79 Å². The summed E-state index contributed by atoms with van der Waals surface area (Å²) >= 11 is 0. The molecule has 0 saturated heterocycles. The van der Waals surface area contributed by atoms with Gasteiger partial charge < -0.3 is 10.1 Å². The van der Waals surface area contributed by atoms with E-state index < -0.39 is 48.1 Å². The molecule has 0 aromatic heterocycles. The zero-order valence-electron chi connectivity index (χ0n) is 13.9. The lowest BCUT2D eigenvalue weighted by Gasteiger charge is -2.16. The molecule has 1 aromatic rings. The molecule has 1 N–H and O–H groups in total. The standard InChI is InChI=1S/C17H16F5NO3/c1-3-26-16(25)15(23-10(2)24)9-12(18)6-4-11-5-7-14(19)13(8-11)17(20,21)22/h5,7-8,12,15H,3,9H2,1-2H3,(H,23,24)/t12-,15+/m1/s1. The minimum atomic E-state index is -4.91. The summed E-state index contributed by atoms with van der Waals surface area (Å²) in [7, 11) is 0. The van der Waals surface area contributed by atoms with Gasteiger partial charge in [0.15, 0.2) is 6.17 Å². The highest BCUT2D eigenvalue weighted by atomic mass is 19.4. The van der Waals surface area contributed by atoms with Gasteiger partial charge >= 0.3 is 12.1 Å². The van der Waals surface area contributed by atoms with E-state index in [2.05, 4.69) is 11.2 Å². The van der Waals surface area contributed by atoms with Gasteiger partial charge in [0.2, 0.25) is 5.91 Å². The van der Waals surface area contributed by atoms with Crippen LogP contribution in [0.1, 0.15) is 31.4 Å². The van der Waals surface area contributed by atoms with Crippen molar-refractivity contribution in [1.29, 1.82) is 0 Å². The van der Waals surface area contributed by atoms with Crippen molar-refractivity contribution in [3.63, 3.8) is 0 Å². The molecule has 2 atom stereocenters. The predicted octanol–water partition coefficient (Wildman–Crippen LogP) is 2.99. The number of amides is 1. The largest absolute Gasteiger partial charge is 0.464 e. The Bertz CT molecular complexity index is 721. The van der Waals surface area contributed by atoms with Crippen LogP contribution in [0.3, 0.4) is 0 Å². The van der Waals surface area contributed by atoms with Gasteiger partial charge in [0.05, 0.1) is 12.2 Å². The van der Waals surface area contributed by atoms with Crippen molar-refractivity contribution in [2.24, 2.45) is 0 Å². The Morgan fingerprint density at radius 2 is 1.96 bits per heavy atom. The van der Waals surface area contributed by atoms with Gasteiger partial charge in [-0.1, -0.05) is 11.8 Å². The molecule has 1 aromatic carbocycles. The highest BCUT2D eigenvalue weighted by molar-refractivity contribution is 5.83. The molecule has 4 nitrogen and oxygen atoms in total. The van der Waals surface area contributed by atoms with E-state index in [0.717, 1.165) is 13.0 Å². The van der Waals surface area contributed by atoms with Gasteiger partial charge in [-0.15, -0.1) is 0 Å². The first-order chi connectivity index (χ1) is 12.0. The van der Waals surface area contributed by atoms with E-state index in [9.17, 15) is 31.5 Å². The van der Waals surface area contributed by atoms with E-state index in [0.29, 0.717) is 12.1 Å². The fraction of sp³-hybridized carbons (Fsp3) is 0.412. The van der Waals surface area contributed by atoms with Crippen molar-refractivity contribution in [1.82, 2.24) is 5.32 Å². The van der Waals surface area contributed by atoms with Gasteiger partial charge in [0, 0.05) is 18.9 Å². The molecule has 1 amide bonds. The summed E-state index contributed by atoms with van der Waals surface area (Å²) in [5.74, 6) is 1.28. The normalized spacial score (nSPS) is 13.2. The average molecular weight is 377 g/mol. The van der Waals surface area contributed by atoms with Gasteiger partial charge in [0.1, 0.15) is 11.9 Å². The number of esters is 1. The SMILES string of the molecule is CCOC(=O)[C@H](C[C@H](F)C#Cc1ccc(F)c(C(F)(F)F)c1)NC(C)=O. The van der Waals surface area contributed by atoms with Gasteiger partial charge in [0.25, 0.3) is 0 Å². The van der Waals surface area contributed by atoms with Gasteiger partial charge in [-0.25, -0.2) is 13.6 Å². The first-order valence-corrected chi connectivity index (χ1v) is 7.50. The molecule has 1 rings (SSSR count). The summed E-state index contributed by atoms with van der Waals surface area (Å²) in [4.78, 5) is 22.7. The quantitative estimate of drug-likeness (QED) is 0.488. The van der Waals surface area contributed by atoms with Crippen LogP contribution in [0, 0.1) is 17.7 Å². The van der Waals surface area contributed by atoms with E-state index in [1.165, 1.54) is 6.92 Å². The van der Waals surface area contributed by atoms with Crippen LogP contribution in [-0.2, 0) is 20.5 Å². The van der Waals surface area contributed by atoms with Crippen LogP contribution in [0.4, 0.5) is 22.0 Å². The number of alkyl halides is 4. The second-order valence-electron chi connectivity index (χ2n) is 5.17. The number of hydrogen-bond acceptors (Lipinski definition) is 3. The summed E-state index contributed by atoms with van der Waals surface area (Å²) < 4.78 is 69.7. The molecule has 0 unspecified atom stereocenters. The Balaban J connectivity index is 2.92. The molecule has 0 saturated carbocycles. The van der Waals surface area contributed by atoms with Crippen molar-refractivity contribution < 1.29 is 36.3 Å². The van der Waals surface area contributed by atoms with E-state index >= 15 is 0 Å². The fourth-order valence-electron chi connectivity index (χ4n) is 1.95. The topological polar surface area (TPSA) is 55.4 Å².